The predicted octanol–water partition coefficient (Wildman–Crippen LogP) is 4.10. The van der Waals surface area contributed by atoms with Crippen molar-refractivity contribution in [1.29, 1.82) is 0 Å². The van der Waals surface area contributed by atoms with E-state index in [1.807, 2.05) is 6.92 Å². The third-order valence-electron chi connectivity index (χ3n) is 3.94. The fraction of sp³-hybridized carbons (Fsp3) is 0.286. The lowest BCUT2D eigenvalue weighted by Crippen LogP contribution is -2.13. The number of nitrogens with zero attached hydrogens (tertiary/aromatic N) is 1. The predicted molar refractivity (Wildman–Crippen MR) is 104 cm³/mol. The van der Waals surface area contributed by atoms with Gasteiger partial charge in [0.25, 0.3) is 5.91 Å². The molecule has 1 N–H and O–H groups in total. The molecule has 146 valence electrons. The van der Waals surface area contributed by atoms with Gasteiger partial charge in [0.1, 0.15) is 12.4 Å². The van der Waals surface area contributed by atoms with Crippen molar-refractivity contribution in [2.75, 3.05) is 12.4 Å². The van der Waals surface area contributed by atoms with Gasteiger partial charge in [-0.3, -0.25) is 9.78 Å². The number of esters is 1. The highest BCUT2D eigenvalue weighted by Crippen LogP contribution is 2.26. The molecule has 28 heavy (non-hydrogen) atoms. The number of amides is 1. The van der Waals surface area contributed by atoms with E-state index in [0.29, 0.717) is 27.9 Å². The smallest absolute Gasteiger partial charge is 0.338 e. The summed E-state index contributed by atoms with van der Waals surface area (Å²) in [4.78, 5) is 29.3. The normalized spacial score (nSPS) is 11.0. The molecule has 0 aliphatic rings. The van der Waals surface area contributed by atoms with Crippen LogP contribution in [-0.4, -0.2) is 30.1 Å². The van der Waals surface area contributed by atoms with E-state index in [9.17, 15) is 9.59 Å². The molecule has 3 rings (SSSR count). The molecular weight excluding hydrogens is 360 g/mol. The lowest BCUT2D eigenvalue weighted by Gasteiger charge is -2.11. The molecule has 2 aromatic heterocycles. The van der Waals surface area contributed by atoms with Crippen LogP contribution in [-0.2, 0) is 16.1 Å². The SMILES string of the molecule is COCc1ccc(C(=O)Nc2cc(C)nc3ccc(C(=O)OC(C)C)cc23)o1. The molecule has 0 atom stereocenters. The van der Waals surface area contributed by atoms with Crippen LogP contribution in [0.1, 0.15) is 46.2 Å². The maximum Gasteiger partial charge on any atom is 0.338 e. The van der Waals surface area contributed by atoms with Crippen molar-refractivity contribution in [3.63, 3.8) is 0 Å². The molecule has 1 amide bonds. The summed E-state index contributed by atoms with van der Waals surface area (Å²) in [6, 6.07) is 10.1. The molecule has 0 saturated carbocycles. The quantitative estimate of drug-likeness (QED) is 0.646. The Bertz CT molecular complexity index is 1020. The van der Waals surface area contributed by atoms with Crippen molar-refractivity contribution < 1.29 is 23.5 Å². The van der Waals surface area contributed by atoms with Gasteiger partial charge in [-0.25, -0.2) is 4.79 Å². The van der Waals surface area contributed by atoms with Crippen LogP contribution in [0.15, 0.2) is 40.8 Å². The summed E-state index contributed by atoms with van der Waals surface area (Å²) in [6.07, 6.45) is -0.223. The van der Waals surface area contributed by atoms with Gasteiger partial charge in [-0.15, -0.1) is 0 Å². The molecular formula is C21H22N2O5. The van der Waals surface area contributed by atoms with Crippen molar-refractivity contribution in [1.82, 2.24) is 4.98 Å². The van der Waals surface area contributed by atoms with E-state index in [-0.39, 0.29) is 18.5 Å². The van der Waals surface area contributed by atoms with Crippen molar-refractivity contribution in [3.8, 4) is 0 Å². The van der Waals surface area contributed by atoms with Crippen LogP contribution in [0.5, 0.6) is 0 Å². The monoisotopic (exact) mass is 382 g/mol. The molecule has 0 radical (unpaired) electrons. The number of aromatic nitrogens is 1. The van der Waals surface area contributed by atoms with Crippen LogP contribution in [0, 0.1) is 6.92 Å². The Morgan fingerprint density at radius 3 is 2.68 bits per heavy atom. The zero-order chi connectivity index (χ0) is 20.3. The van der Waals surface area contributed by atoms with Crippen molar-refractivity contribution >= 4 is 28.5 Å². The van der Waals surface area contributed by atoms with E-state index in [2.05, 4.69) is 10.3 Å². The fourth-order valence-electron chi connectivity index (χ4n) is 2.77. The second kappa shape index (κ2) is 8.22. The van der Waals surface area contributed by atoms with Crippen LogP contribution >= 0.6 is 0 Å². The first kappa shape index (κ1) is 19.6. The lowest BCUT2D eigenvalue weighted by atomic mass is 10.1. The van der Waals surface area contributed by atoms with Crippen LogP contribution in [0.3, 0.4) is 0 Å². The molecule has 0 aliphatic heterocycles. The molecule has 0 unspecified atom stereocenters. The van der Waals surface area contributed by atoms with Gasteiger partial charge < -0.3 is 19.2 Å². The molecule has 7 nitrogen and oxygen atoms in total. The largest absolute Gasteiger partial charge is 0.459 e. The number of methoxy groups -OCH3 is 1. The number of aryl methyl sites for hydroxylation is 1. The Balaban J connectivity index is 1.94. The fourth-order valence-corrected chi connectivity index (χ4v) is 2.77. The second-order valence-corrected chi connectivity index (χ2v) is 6.65. The molecule has 0 spiro atoms. The van der Waals surface area contributed by atoms with Gasteiger partial charge in [-0.05, 0) is 57.2 Å². The van der Waals surface area contributed by atoms with E-state index < -0.39 is 11.9 Å². The number of pyridine rings is 1. The van der Waals surface area contributed by atoms with Crippen LogP contribution < -0.4 is 5.32 Å². The van der Waals surface area contributed by atoms with E-state index >= 15 is 0 Å². The second-order valence-electron chi connectivity index (χ2n) is 6.65. The Labute approximate surface area is 162 Å². The zero-order valence-electron chi connectivity index (χ0n) is 16.2. The Morgan fingerprint density at radius 2 is 1.96 bits per heavy atom. The maximum atomic E-state index is 12.6. The number of furan rings is 1. The number of hydrogen-bond donors (Lipinski definition) is 1. The third kappa shape index (κ3) is 4.37. The highest BCUT2D eigenvalue weighted by atomic mass is 16.5. The molecule has 0 bridgehead atoms. The van der Waals surface area contributed by atoms with Crippen LogP contribution in [0.2, 0.25) is 0 Å². The number of fused-ring (bicyclic) bond motifs is 1. The summed E-state index contributed by atoms with van der Waals surface area (Å²) in [5, 5.41) is 3.48. The van der Waals surface area contributed by atoms with Gasteiger partial charge in [0, 0.05) is 18.2 Å². The first-order valence-corrected chi connectivity index (χ1v) is 8.88. The average molecular weight is 382 g/mol. The molecule has 2 heterocycles. The summed E-state index contributed by atoms with van der Waals surface area (Å²) >= 11 is 0. The third-order valence-corrected chi connectivity index (χ3v) is 3.94. The van der Waals surface area contributed by atoms with Crippen LogP contribution in [0.4, 0.5) is 5.69 Å². The van der Waals surface area contributed by atoms with Gasteiger partial charge in [0.2, 0.25) is 0 Å². The Kier molecular flexibility index (Phi) is 5.75. The van der Waals surface area contributed by atoms with Crippen molar-refractivity contribution in [2.24, 2.45) is 0 Å². The standard InChI is InChI=1S/C21H22N2O5/c1-12(2)27-21(25)14-5-7-17-16(10-14)18(9-13(3)22-17)23-20(24)19-8-6-15(28-19)11-26-4/h5-10,12H,11H2,1-4H3,(H,22,23,24). The highest BCUT2D eigenvalue weighted by molar-refractivity contribution is 6.08. The summed E-state index contributed by atoms with van der Waals surface area (Å²) < 4.78 is 15.7. The number of rotatable bonds is 6. The van der Waals surface area contributed by atoms with E-state index in [0.717, 1.165) is 5.69 Å². The number of ether oxygens (including phenoxy) is 2. The van der Waals surface area contributed by atoms with Gasteiger partial charge in [0.05, 0.1) is 22.9 Å². The number of benzene rings is 1. The number of hydrogen-bond acceptors (Lipinski definition) is 6. The van der Waals surface area contributed by atoms with Gasteiger partial charge >= 0.3 is 5.97 Å². The number of carbonyl (C=O) groups is 2. The first-order chi connectivity index (χ1) is 13.4. The molecule has 3 aromatic rings. The van der Waals surface area contributed by atoms with Gasteiger partial charge in [-0.2, -0.15) is 0 Å². The van der Waals surface area contributed by atoms with E-state index in [1.54, 1.807) is 57.4 Å². The number of nitrogens with one attached hydrogen (secondary N) is 1. The molecule has 7 heteroatoms. The number of anilines is 1. The van der Waals surface area contributed by atoms with Gasteiger partial charge in [-0.1, -0.05) is 0 Å². The van der Waals surface area contributed by atoms with E-state index in [1.165, 1.54) is 0 Å². The molecule has 0 saturated heterocycles. The zero-order valence-corrected chi connectivity index (χ0v) is 16.2. The summed E-state index contributed by atoms with van der Waals surface area (Å²) in [7, 11) is 1.55. The average Bonchev–Trinajstić information content (AvgIpc) is 3.10. The summed E-state index contributed by atoms with van der Waals surface area (Å²) in [6.45, 7) is 5.69. The summed E-state index contributed by atoms with van der Waals surface area (Å²) in [5.74, 6) is -0.0958. The lowest BCUT2D eigenvalue weighted by molar-refractivity contribution is 0.0378. The van der Waals surface area contributed by atoms with Crippen molar-refractivity contribution in [2.45, 2.75) is 33.5 Å². The van der Waals surface area contributed by atoms with Gasteiger partial charge in [0.15, 0.2) is 5.76 Å². The molecule has 1 aromatic carbocycles. The topological polar surface area (TPSA) is 90.7 Å². The highest BCUT2D eigenvalue weighted by Gasteiger charge is 2.16. The van der Waals surface area contributed by atoms with Crippen molar-refractivity contribution in [3.05, 3.63) is 59.2 Å². The molecule has 0 aliphatic carbocycles. The minimum Gasteiger partial charge on any atom is -0.459 e. The minimum absolute atomic E-state index is 0.171. The maximum absolute atomic E-state index is 12.6. The molecule has 0 fully saturated rings. The summed E-state index contributed by atoms with van der Waals surface area (Å²) in [5.41, 5.74) is 2.33. The number of carbonyl (C=O) groups excluding carboxylic acids is 2. The Hall–Kier alpha value is -3.19. The first-order valence-electron chi connectivity index (χ1n) is 8.88. The Morgan fingerprint density at radius 1 is 1.18 bits per heavy atom. The minimum atomic E-state index is -0.426. The van der Waals surface area contributed by atoms with E-state index in [4.69, 9.17) is 13.9 Å². The van der Waals surface area contributed by atoms with Crippen LogP contribution in [0.25, 0.3) is 10.9 Å².